The summed E-state index contributed by atoms with van der Waals surface area (Å²) < 4.78 is 76.2. The van der Waals surface area contributed by atoms with E-state index in [-0.39, 0.29) is 11.3 Å². The van der Waals surface area contributed by atoms with Crippen LogP contribution >= 0.6 is 0 Å². The highest BCUT2D eigenvalue weighted by atomic mass is 32.2. The second kappa shape index (κ2) is 7.36. The van der Waals surface area contributed by atoms with E-state index < -0.39 is 38.7 Å². The third-order valence-corrected chi connectivity index (χ3v) is 5.60. The first-order valence-electron chi connectivity index (χ1n) is 9.21. The van der Waals surface area contributed by atoms with Gasteiger partial charge in [0.15, 0.2) is 5.75 Å². The second-order valence-corrected chi connectivity index (χ2v) is 9.66. The molecule has 1 fully saturated rings. The van der Waals surface area contributed by atoms with E-state index in [4.69, 9.17) is 9.47 Å². The van der Waals surface area contributed by atoms with E-state index in [1.165, 1.54) is 18.2 Å². The lowest BCUT2D eigenvalue weighted by atomic mass is 9.88. The fraction of sp³-hybridized carbons (Fsp3) is 0.526. The molecule has 0 aliphatic carbocycles. The Morgan fingerprint density at radius 2 is 1.80 bits per heavy atom. The minimum absolute atomic E-state index is 0.102. The monoisotopic (exact) mass is 449 g/mol. The number of hydrogen-bond acceptors (Lipinski definition) is 6. The third kappa shape index (κ3) is 4.66. The van der Waals surface area contributed by atoms with Crippen LogP contribution < -0.4 is 8.92 Å². The molecule has 166 valence electrons. The maximum Gasteiger partial charge on any atom is 0.534 e. The van der Waals surface area contributed by atoms with Gasteiger partial charge in [-0.1, -0.05) is 6.07 Å². The van der Waals surface area contributed by atoms with E-state index in [9.17, 15) is 26.4 Å². The van der Waals surface area contributed by atoms with Gasteiger partial charge in [-0.15, -0.1) is 0 Å². The maximum absolute atomic E-state index is 12.6. The van der Waals surface area contributed by atoms with Crippen LogP contribution in [-0.2, 0) is 14.9 Å². The van der Waals surface area contributed by atoms with Crippen molar-refractivity contribution in [3.05, 3.63) is 29.8 Å². The first-order valence-corrected chi connectivity index (χ1v) is 10.6. The Labute approximate surface area is 172 Å². The zero-order valence-electron chi connectivity index (χ0n) is 16.7. The highest BCUT2D eigenvalue weighted by molar-refractivity contribution is 7.88. The molecule has 7 nitrogen and oxygen atoms in total. The largest absolute Gasteiger partial charge is 0.534 e. The number of halogens is 3. The van der Waals surface area contributed by atoms with Crippen molar-refractivity contribution in [2.24, 2.45) is 0 Å². The first kappa shape index (κ1) is 22.3. The fourth-order valence-corrected chi connectivity index (χ4v) is 3.64. The molecule has 0 N–H and O–H groups in total. The molecular weight excluding hydrogens is 427 g/mol. The molecule has 30 heavy (non-hydrogen) atoms. The molecule has 3 rings (SSSR count). The van der Waals surface area contributed by atoms with E-state index in [2.05, 4.69) is 4.18 Å². The topological polar surface area (TPSA) is 82.1 Å². The summed E-state index contributed by atoms with van der Waals surface area (Å²) in [4.78, 5) is 13.8. The number of carbonyl (C=O) groups is 1. The number of alkyl halides is 3. The quantitative estimate of drug-likeness (QED) is 0.500. The number of amides is 1. The molecule has 1 aromatic rings. The molecular formula is C19H22F3NO6S. The molecule has 1 spiro atoms. The summed E-state index contributed by atoms with van der Waals surface area (Å²) in [5, 5.41) is 0. The van der Waals surface area contributed by atoms with Crippen LogP contribution in [-0.4, -0.2) is 49.2 Å². The smallest absolute Gasteiger partial charge is 0.482 e. The molecule has 1 saturated heterocycles. The van der Waals surface area contributed by atoms with Crippen LogP contribution in [0, 0.1) is 0 Å². The van der Waals surface area contributed by atoms with Gasteiger partial charge in [0.25, 0.3) is 0 Å². The summed E-state index contributed by atoms with van der Waals surface area (Å²) in [6, 6.07) is 4.00. The highest BCUT2D eigenvalue weighted by Crippen LogP contribution is 2.42. The molecule has 0 unspecified atom stereocenters. The lowest BCUT2D eigenvalue weighted by Gasteiger charge is -2.42. The van der Waals surface area contributed by atoms with Gasteiger partial charge in [0.1, 0.15) is 17.0 Å². The van der Waals surface area contributed by atoms with Crippen molar-refractivity contribution in [1.29, 1.82) is 0 Å². The summed E-state index contributed by atoms with van der Waals surface area (Å²) in [7, 11) is -5.80. The number of ether oxygens (including phenoxy) is 2. The van der Waals surface area contributed by atoms with Crippen LogP contribution in [0.2, 0.25) is 0 Å². The Morgan fingerprint density at radius 1 is 1.17 bits per heavy atom. The number of fused-ring (bicyclic) bond motifs is 1. The Balaban J connectivity index is 1.74. The maximum atomic E-state index is 12.6. The van der Waals surface area contributed by atoms with Gasteiger partial charge in [-0.05, 0) is 45.1 Å². The summed E-state index contributed by atoms with van der Waals surface area (Å²) >= 11 is 0. The summed E-state index contributed by atoms with van der Waals surface area (Å²) in [6.07, 6.45) is 3.60. The van der Waals surface area contributed by atoms with E-state index >= 15 is 0 Å². The van der Waals surface area contributed by atoms with E-state index in [0.717, 1.165) is 6.07 Å². The molecule has 11 heteroatoms. The zero-order chi connectivity index (χ0) is 22.4. The minimum atomic E-state index is -5.80. The Morgan fingerprint density at radius 3 is 2.37 bits per heavy atom. The molecule has 1 aromatic carbocycles. The molecule has 0 saturated carbocycles. The number of carbonyl (C=O) groups excluding carboxylic acids is 1. The number of likely N-dealkylation sites (tertiary alicyclic amines) is 1. The van der Waals surface area contributed by atoms with E-state index in [0.29, 0.717) is 25.9 Å². The number of hydrogen-bond donors (Lipinski definition) is 0. The number of nitrogens with zero attached hydrogens (tertiary/aromatic N) is 1. The Hall–Kier alpha value is -2.43. The average molecular weight is 449 g/mol. The highest BCUT2D eigenvalue weighted by Gasteiger charge is 2.49. The van der Waals surface area contributed by atoms with Gasteiger partial charge in [0.05, 0.1) is 5.56 Å². The summed E-state index contributed by atoms with van der Waals surface area (Å²) in [5.41, 5.74) is -6.80. The molecule has 1 amide bonds. The van der Waals surface area contributed by atoms with Gasteiger partial charge < -0.3 is 18.6 Å². The molecule has 2 aliphatic heterocycles. The lowest BCUT2D eigenvalue weighted by molar-refractivity contribution is -0.0500. The SMILES string of the molecule is CC(C)(C)OC(=O)N1CCC2(C=Cc3c(cccc3OS(=O)(=O)C(F)(F)F)O2)CC1. The van der Waals surface area contributed by atoms with Crippen LogP contribution in [0.5, 0.6) is 11.5 Å². The van der Waals surface area contributed by atoms with Gasteiger partial charge in [0, 0.05) is 25.9 Å². The van der Waals surface area contributed by atoms with Crippen molar-refractivity contribution in [3.8, 4) is 11.5 Å². The summed E-state index contributed by atoms with van der Waals surface area (Å²) in [5.74, 6) is -0.264. The molecule has 2 aliphatic rings. The first-order chi connectivity index (χ1) is 13.7. The molecule has 2 heterocycles. The predicted molar refractivity (Wildman–Crippen MR) is 101 cm³/mol. The van der Waals surface area contributed by atoms with Gasteiger partial charge in [-0.3, -0.25) is 0 Å². The van der Waals surface area contributed by atoms with Crippen LogP contribution in [0.25, 0.3) is 6.08 Å². The molecule has 0 atom stereocenters. The van der Waals surface area contributed by atoms with Crippen molar-refractivity contribution in [1.82, 2.24) is 4.90 Å². The van der Waals surface area contributed by atoms with Crippen molar-refractivity contribution in [2.45, 2.75) is 50.3 Å². The fourth-order valence-electron chi connectivity index (χ4n) is 3.17. The number of benzene rings is 1. The molecule has 0 aromatic heterocycles. The molecule has 0 radical (unpaired) electrons. The van der Waals surface area contributed by atoms with Crippen molar-refractivity contribution in [2.75, 3.05) is 13.1 Å². The van der Waals surface area contributed by atoms with Crippen LogP contribution in [0.1, 0.15) is 39.2 Å². The van der Waals surface area contributed by atoms with Crippen LogP contribution in [0.15, 0.2) is 24.3 Å². The second-order valence-electron chi connectivity index (χ2n) is 8.12. The predicted octanol–water partition coefficient (Wildman–Crippen LogP) is 4.09. The standard InChI is InChI=1S/C19H22F3NO6S/c1-17(2,3)28-16(24)23-11-9-18(10-12-23)8-7-13-14(27-18)5-4-6-15(13)29-30(25,26)19(20,21)22/h4-8H,9-12H2,1-3H3. The van der Waals surface area contributed by atoms with Crippen molar-refractivity contribution >= 4 is 22.3 Å². The Bertz CT molecular complexity index is 957. The Kier molecular flexibility index (Phi) is 5.46. The van der Waals surface area contributed by atoms with Crippen molar-refractivity contribution < 1.29 is 40.0 Å². The van der Waals surface area contributed by atoms with Gasteiger partial charge >= 0.3 is 21.7 Å². The average Bonchev–Trinajstić information content (AvgIpc) is 2.59. The minimum Gasteiger partial charge on any atom is -0.482 e. The zero-order valence-corrected chi connectivity index (χ0v) is 17.5. The third-order valence-electron chi connectivity index (χ3n) is 4.64. The number of rotatable bonds is 2. The summed E-state index contributed by atoms with van der Waals surface area (Å²) in [6.45, 7) is 6.07. The van der Waals surface area contributed by atoms with E-state index in [1.807, 2.05) is 0 Å². The number of piperidine rings is 1. The molecule has 0 bridgehead atoms. The normalized spacial score (nSPS) is 18.5. The van der Waals surface area contributed by atoms with Gasteiger partial charge in [-0.25, -0.2) is 4.79 Å². The van der Waals surface area contributed by atoms with Crippen molar-refractivity contribution in [3.63, 3.8) is 0 Å². The van der Waals surface area contributed by atoms with Gasteiger partial charge in [0.2, 0.25) is 0 Å². The van der Waals surface area contributed by atoms with E-state index in [1.54, 1.807) is 31.7 Å². The lowest BCUT2D eigenvalue weighted by Crippen LogP contribution is -2.50. The van der Waals surface area contributed by atoms with Crippen LogP contribution in [0.3, 0.4) is 0 Å². The van der Waals surface area contributed by atoms with Gasteiger partial charge in [-0.2, -0.15) is 21.6 Å². The van der Waals surface area contributed by atoms with Crippen LogP contribution in [0.4, 0.5) is 18.0 Å².